The highest BCUT2D eigenvalue weighted by Crippen LogP contribution is 2.46. The van der Waals surface area contributed by atoms with Gasteiger partial charge in [0.1, 0.15) is 22.2 Å². The third kappa shape index (κ3) is 4.16. The summed E-state index contributed by atoms with van der Waals surface area (Å²) in [7, 11) is 2.09. The number of anilines is 2. The molecule has 3 aliphatic heterocycles. The zero-order valence-electron chi connectivity index (χ0n) is 23.4. The van der Waals surface area contributed by atoms with Crippen molar-refractivity contribution in [2.24, 2.45) is 5.92 Å². The molecule has 1 amide bonds. The van der Waals surface area contributed by atoms with Crippen LogP contribution in [0.15, 0.2) is 12.4 Å². The largest absolute Gasteiger partial charge is 0.444 e. The van der Waals surface area contributed by atoms with Crippen LogP contribution in [0.3, 0.4) is 0 Å². The number of aromatic nitrogens is 3. The van der Waals surface area contributed by atoms with Crippen LogP contribution in [0, 0.1) is 28.9 Å². The SMILES string of the molecule is CN1C[C@H]2CN(c3ncc4c5c(c(-c6ncc(F)c7sc(NC(=O)OC(C)(C)C)c(C#N)c67)c(F)c4n3)COC5)C[C@H]21. The quantitative estimate of drug-likeness (QED) is 0.344. The summed E-state index contributed by atoms with van der Waals surface area (Å²) in [6, 6.07) is 2.49. The Morgan fingerprint density at radius 2 is 1.98 bits per heavy atom. The van der Waals surface area contributed by atoms with E-state index in [-0.39, 0.29) is 50.6 Å². The van der Waals surface area contributed by atoms with E-state index in [0.29, 0.717) is 28.9 Å². The summed E-state index contributed by atoms with van der Waals surface area (Å²) in [6.07, 6.45) is 1.85. The number of nitriles is 1. The van der Waals surface area contributed by atoms with Crippen molar-refractivity contribution in [2.45, 2.75) is 45.6 Å². The second-order valence-electron chi connectivity index (χ2n) is 11.9. The fraction of sp³-hybridized carbons (Fsp3) is 0.414. The Labute approximate surface area is 243 Å². The van der Waals surface area contributed by atoms with Gasteiger partial charge in [0.15, 0.2) is 11.6 Å². The van der Waals surface area contributed by atoms with Gasteiger partial charge in [-0.05, 0) is 38.9 Å². The molecule has 0 bridgehead atoms. The number of benzene rings is 1. The average molecular weight is 592 g/mol. The molecule has 2 saturated heterocycles. The van der Waals surface area contributed by atoms with Crippen molar-refractivity contribution in [3.8, 4) is 17.3 Å². The lowest BCUT2D eigenvalue weighted by molar-refractivity contribution is 0.0636. The molecular formula is C29H27F2N7O3S. The number of rotatable bonds is 3. The summed E-state index contributed by atoms with van der Waals surface area (Å²) in [5, 5.41) is 13.4. The molecule has 3 aromatic heterocycles. The van der Waals surface area contributed by atoms with Crippen LogP contribution in [0.4, 0.5) is 24.5 Å². The van der Waals surface area contributed by atoms with Crippen LogP contribution in [-0.2, 0) is 22.7 Å². The first-order valence-electron chi connectivity index (χ1n) is 13.6. The van der Waals surface area contributed by atoms with E-state index in [0.717, 1.165) is 42.7 Å². The molecule has 216 valence electrons. The Balaban J connectivity index is 1.39. The molecule has 42 heavy (non-hydrogen) atoms. The first kappa shape index (κ1) is 26.9. The summed E-state index contributed by atoms with van der Waals surface area (Å²) in [4.78, 5) is 30.5. The summed E-state index contributed by atoms with van der Waals surface area (Å²) in [5.41, 5.74) is 0.763. The minimum absolute atomic E-state index is 0.0324. The summed E-state index contributed by atoms with van der Waals surface area (Å²) in [5.74, 6) is -0.358. The molecule has 4 aromatic rings. The number of likely N-dealkylation sites (N-methyl/N-ethyl adjacent to an activating group) is 1. The second-order valence-corrected chi connectivity index (χ2v) is 13.0. The molecule has 0 aliphatic carbocycles. The van der Waals surface area contributed by atoms with E-state index >= 15 is 8.78 Å². The zero-order chi connectivity index (χ0) is 29.5. The molecule has 3 aliphatic rings. The van der Waals surface area contributed by atoms with Gasteiger partial charge in [0, 0.05) is 54.1 Å². The number of likely N-dealkylation sites (tertiary alicyclic amines) is 1. The monoisotopic (exact) mass is 591 g/mol. The summed E-state index contributed by atoms with van der Waals surface area (Å²) >= 11 is 0.867. The highest BCUT2D eigenvalue weighted by atomic mass is 32.1. The van der Waals surface area contributed by atoms with Gasteiger partial charge in [0.25, 0.3) is 0 Å². The molecule has 0 saturated carbocycles. The lowest BCUT2D eigenvalue weighted by atomic mass is 9.93. The number of carbonyl (C=O) groups is 1. The summed E-state index contributed by atoms with van der Waals surface area (Å²) in [6.45, 7) is 8.03. The van der Waals surface area contributed by atoms with Gasteiger partial charge in [0.05, 0.1) is 35.4 Å². The fourth-order valence-corrected chi connectivity index (χ4v) is 7.26. The number of fused-ring (bicyclic) bond motifs is 5. The Hall–Kier alpha value is -3.99. The highest BCUT2D eigenvalue weighted by molar-refractivity contribution is 7.23. The van der Waals surface area contributed by atoms with Gasteiger partial charge in [-0.1, -0.05) is 0 Å². The van der Waals surface area contributed by atoms with E-state index in [4.69, 9.17) is 9.47 Å². The van der Waals surface area contributed by atoms with Crippen LogP contribution >= 0.6 is 11.3 Å². The van der Waals surface area contributed by atoms with Crippen LogP contribution < -0.4 is 10.2 Å². The second kappa shape index (κ2) is 9.52. The van der Waals surface area contributed by atoms with Gasteiger partial charge in [-0.25, -0.2) is 23.5 Å². The third-order valence-corrected chi connectivity index (χ3v) is 9.21. The molecule has 2 atom stereocenters. The first-order valence-corrected chi connectivity index (χ1v) is 14.4. The molecule has 0 radical (unpaired) electrons. The Morgan fingerprint density at radius 3 is 2.69 bits per heavy atom. The van der Waals surface area contributed by atoms with Crippen LogP contribution in [0.5, 0.6) is 0 Å². The highest BCUT2D eigenvalue weighted by Gasteiger charge is 2.44. The molecule has 0 spiro atoms. The number of pyridine rings is 1. The lowest BCUT2D eigenvalue weighted by Gasteiger charge is -2.40. The maximum Gasteiger partial charge on any atom is 0.412 e. The molecule has 1 aromatic carbocycles. The van der Waals surface area contributed by atoms with E-state index in [2.05, 4.69) is 43.2 Å². The van der Waals surface area contributed by atoms with Crippen molar-refractivity contribution >= 4 is 49.4 Å². The molecular weight excluding hydrogens is 564 g/mol. The molecule has 10 nitrogen and oxygen atoms in total. The maximum atomic E-state index is 16.7. The van der Waals surface area contributed by atoms with Gasteiger partial charge in [0.2, 0.25) is 5.95 Å². The topological polar surface area (TPSA) is 116 Å². The van der Waals surface area contributed by atoms with Gasteiger partial charge in [-0.15, -0.1) is 11.3 Å². The predicted octanol–water partition coefficient (Wildman–Crippen LogP) is 5.18. The molecule has 1 N–H and O–H groups in total. The number of nitrogens with zero attached hydrogens (tertiary/aromatic N) is 6. The van der Waals surface area contributed by atoms with E-state index in [1.807, 2.05) is 0 Å². The normalized spacial score (nSPS) is 20.0. The standard InChI is InChI=1S/C29H27F2N7O3S/c1-29(2,3)41-28(39)36-26-14(5-32)21-24(33-7-18(30)25(21)42-26)20-17-12-40-11-16(17)15-6-34-27(35-23(15)22(20)31)38-9-13-8-37(4)19(13)10-38/h6-7,13,19H,8-12H2,1-4H3,(H,36,39)/t13-,19+/m0/s1. The number of carbonyl (C=O) groups excluding carboxylic acids is 1. The Kier molecular flexibility index (Phi) is 6.09. The van der Waals surface area contributed by atoms with Crippen molar-refractivity contribution < 1.29 is 23.0 Å². The van der Waals surface area contributed by atoms with Gasteiger partial charge >= 0.3 is 6.09 Å². The van der Waals surface area contributed by atoms with Crippen molar-refractivity contribution in [2.75, 3.05) is 36.9 Å². The van der Waals surface area contributed by atoms with Crippen LogP contribution in [0.2, 0.25) is 0 Å². The number of hydrogen-bond acceptors (Lipinski definition) is 10. The van der Waals surface area contributed by atoms with Gasteiger partial charge < -0.3 is 19.3 Å². The molecule has 0 unspecified atom stereocenters. The van der Waals surface area contributed by atoms with Crippen molar-refractivity contribution in [1.29, 1.82) is 5.26 Å². The number of ether oxygens (including phenoxy) is 2. The van der Waals surface area contributed by atoms with Crippen LogP contribution in [0.25, 0.3) is 32.2 Å². The van der Waals surface area contributed by atoms with Crippen molar-refractivity contribution in [1.82, 2.24) is 19.9 Å². The average Bonchev–Trinajstić information content (AvgIpc) is 3.64. The van der Waals surface area contributed by atoms with Gasteiger partial charge in [-0.3, -0.25) is 10.3 Å². The third-order valence-electron chi connectivity index (χ3n) is 8.10. The fourth-order valence-electron chi connectivity index (χ4n) is 6.22. The predicted molar refractivity (Wildman–Crippen MR) is 153 cm³/mol. The van der Waals surface area contributed by atoms with Gasteiger partial charge in [-0.2, -0.15) is 5.26 Å². The Bertz CT molecular complexity index is 1850. The van der Waals surface area contributed by atoms with E-state index in [1.165, 1.54) is 0 Å². The number of hydrogen-bond donors (Lipinski definition) is 1. The smallest absolute Gasteiger partial charge is 0.412 e. The van der Waals surface area contributed by atoms with Crippen molar-refractivity contribution in [3.05, 3.63) is 40.7 Å². The number of nitrogens with one attached hydrogen (secondary N) is 1. The maximum absolute atomic E-state index is 16.7. The number of amides is 1. The lowest BCUT2D eigenvalue weighted by Crippen LogP contribution is -2.52. The summed E-state index contributed by atoms with van der Waals surface area (Å²) < 4.78 is 42.9. The van der Waals surface area contributed by atoms with Crippen LogP contribution in [-0.4, -0.2) is 64.3 Å². The molecule has 2 fully saturated rings. The zero-order valence-corrected chi connectivity index (χ0v) is 24.2. The molecule has 6 heterocycles. The molecule has 13 heteroatoms. The minimum Gasteiger partial charge on any atom is -0.444 e. The van der Waals surface area contributed by atoms with E-state index in [9.17, 15) is 10.1 Å². The number of thiophene rings is 1. The minimum atomic E-state index is -0.794. The van der Waals surface area contributed by atoms with Crippen molar-refractivity contribution in [3.63, 3.8) is 0 Å². The first-order chi connectivity index (χ1) is 20.0. The van der Waals surface area contributed by atoms with E-state index < -0.39 is 23.3 Å². The van der Waals surface area contributed by atoms with Crippen LogP contribution in [0.1, 0.15) is 37.5 Å². The Morgan fingerprint density at radius 1 is 1.19 bits per heavy atom. The van der Waals surface area contributed by atoms with E-state index in [1.54, 1.807) is 27.0 Å². The number of halogens is 2. The molecule has 7 rings (SSSR count).